The molecule has 0 unspecified atom stereocenters. The minimum atomic E-state index is -0.257. The summed E-state index contributed by atoms with van der Waals surface area (Å²) >= 11 is 1.90. The Kier molecular flexibility index (Phi) is 9.60. The van der Waals surface area contributed by atoms with Crippen molar-refractivity contribution in [2.75, 3.05) is 4.90 Å². The first kappa shape index (κ1) is 45.0. The van der Waals surface area contributed by atoms with Crippen LogP contribution in [0.4, 0.5) is 17.1 Å². The van der Waals surface area contributed by atoms with Crippen LogP contribution in [-0.2, 0) is 10.8 Å². The number of benzene rings is 11. The Labute approximate surface area is 458 Å². The molecule has 0 N–H and O–H groups in total. The van der Waals surface area contributed by atoms with Crippen LogP contribution in [0.3, 0.4) is 0 Å². The summed E-state index contributed by atoms with van der Waals surface area (Å²) in [5.74, 6) is 0. The molecule has 14 aromatic rings. The highest BCUT2D eigenvalue weighted by Gasteiger charge is 2.42. The van der Waals surface area contributed by atoms with Crippen LogP contribution in [0, 0.1) is 0 Å². The predicted molar refractivity (Wildman–Crippen MR) is 331 cm³/mol. The first-order valence-corrected chi connectivity index (χ1v) is 28.1. The van der Waals surface area contributed by atoms with Crippen molar-refractivity contribution in [1.29, 1.82) is 0 Å². The van der Waals surface area contributed by atoms with E-state index in [1.807, 2.05) is 11.3 Å². The fourth-order valence-electron chi connectivity index (χ4n) is 13.9. The van der Waals surface area contributed by atoms with E-state index in [0.717, 1.165) is 22.7 Å². The average molecular weight is 1020 g/mol. The van der Waals surface area contributed by atoms with Gasteiger partial charge in [0.05, 0.1) is 22.2 Å². The molecule has 0 bridgehead atoms. The normalized spacial score (nSPS) is 13.8. The molecule has 3 heterocycles. The first-order valence-electron chi connectivity index (χ1n) is 27.2. The lowest BCUT2D eigenvalue weighted by Gasteiger charge is -2.28. The van der Waals surface area contributed by atoms with Gasteiger partial charge in [-0.2, -0.15) is 0 Å². The maximum Gasteiger partial charge on any atom is 0.0585 e. The topological polar surface area (TPSA) is 13.1 Å². The Hall–Kier alpha value is -9.22. The average Bonchev–Trinajstić information content (AvgIpc) is 4.16. The molecule has 0 radical (unpaired) electrons. The molecule has 3 aromatic heterocycles. The molecule has 0 spiro atoms. The highest BCUT2D eigenvalue weighted by atomic mass is 32.1. The number of rotatable bonds is 7. The molecule has 0 fully saturated rings. The van der Waals surface area contributed by atoms with Crippen molar-refractivity contribution in [3.8, 4) is 56.0 Å². The third kappa shape index (κ3) is 6.38. The summed E-state index contributed by atoms with van der Waals surface area (Å²) in [6, 6.07) is 92.8. The van der Waals surface area contributed by atoms with Gasteiger partial charge in [-0.25, -0.2) is 0 Å². The first-order chi connectivity index (χ1) is 38.2. The summed E-state index contributed by atoms with van der Waals surface area (Å²) < 4.78 is 7.70. The van der Waals surface area contributed by atoms with Crippen LogP contribution in [0.15, 0.2) is 249 Å². The Morgan fingerprint density at radius 1 is 0.346 bits per heavy atom. The van der Waals surface area contributed by atoms with E-state index in [1.54, 1.807) is 0 Å². The van der Waals surface area contributed by atoms with Crippen LogP contribution in [0.1, 0.15) is 49.9 Å². The zero-order valence-corrected chi connectivity index (χ0v) is 44.7. The molecule has 3 nitrogen and oxygen atoms in total. The minimum Gasteiger partial charge on any atom is -0.310 e. The lowest BCUT2D eigenvalue weighted by molar-refractivity contribution is 0.660. The van der Waals surface area contributed by atoms with E-state index in [2.05, 4.69) is 290 Å². The van der Waals surface area contributed by atoms with Gasteiger partial charge in [0.2, 0.25) is 0 Å². The lowest BCUT2D eigenvalue weighted by atomic mass is 9.81. The molecule has 2 aliphatic carbocycles. The van der Waals surface area contributed by atoms with Crippen molar-refractivity contribution in [2.24, 2.45) is 0 Å². The van der Waals surface area contributed by atoms with Crippen LogP contribution >= 0.6 is 11.3 Å². The quantitative estimate of drug-likeness (QED) is 0.155. The van der Waals surface area contributed by atoms with E-state index in [0.29, 0.717) is 0 Å². The van der Waals surface area contributed by atoms with Gasteiger partial charge in [-0.05, 0) is 147 Å². The Morgan fingerprint density at radius 3 is 1.67 bits per heavy atom. The number of thiophene rings is 1. The molecule has 0 aliphatic heterocycles. The SMILES string of the molecule is CC1(C)c2ccccc2-c2ccc(N(c3ccc(-c4ccccc4)cc3)c3ccc(-n4c5ccc(-c6cccc7c6sc6ccccc67)cc5c5c6c7c(n(-c8ccccc8)c6ccc54)-c4ccccc4C7(C)C)cc3)cc21. The maximum absolute atomic E-state index is 2.54. The van der Waals surface area contributed by atoms with E-state index < -0.39 is 0 Å². The van der Waals surface area contributed by atoms with Gasteiger partial charge in [-0.1, -0.05) is 185 Å². The molecular weight excluding hydrogens is 963 g/mol. The number of anilines is 3. The van der Waals surface area contributed by atoms with Gasteiger partial charge >= 0.3 is 0 Å². The van der Waals surface area contributed by atoms with Crippen molar-refractivity contribution in [1.82, 2.24) is 9.13 Å². The van der Waals surface area contributed by atoms with E-state index >= 15 is 0 Å². The van der Waals surface area contributed by atoms with E-state index in [4.69, 9.17) is 0 Å². The smallest absolute Gasteiger partial charge is 0.0585 e. The van der Waals surface area contributed by atoms with Crippen LogP contribution in [0.25, 0.3) is 109 Å². The second kappa shape index (κ2) is 16.6. The Morgan fingerprint density at radius 2 is 0.897 bits per heavy atom. The van der Waals surface area contributed by atoms with Gasteiger partial charge in [0.1, 0.15) is 0 Å². The summed E-state index contributed by atoms with van der Waals surface area (Å²) in [6.07, 6.45) is 0. The number of aromatic nitrogens is 2. The molecule has 11 aromatic carbocycles. The third-order valence-electron chi connectivity index (χ3n) is 17.5. The number of para-hydroxylation sites is 1. The lowest BCUT2D eigenvalue weighted by Crippen LogP contribution is -2.16. The highest BCUT2D eigenvalue weighted by Crippen LogP contribution is 2.57. The largest absolute Gasteiger partial charge is 0.310 e. The second-order valence-electron chi connectivity index (χ2n) is 22.4. The van der Waals surface area contributed by atoms with Crippen molar-refractivity contribution < 1.29 is 0 Å². The summed E-state index contributed by atoms with van der Waals surface area (Å²) in [5, 5.41) is 6.47. The zero-order valence-electron chi connectivity index (χ0n) is 43.9. The summed E-state index contributed by atoms with van der Waals surface area (Å²) in [5.41, 5.74) is 24.4. The molecule has 0 atom stereocenters. The van der Waals surface area contributed by atoms with Crippen LogP contribution in [0.2, 0.25) is 0 Å². The van der Waals surface area contributed by atoms with Crippen molar-refractivity contribution in [3.63, 3.8) is 0 Å². The number of hydrogen-bond donors (Lipinski definition) is 0. The fraction of sp³-hybridized carbons (Fsp3) is 0.0811. The van der Waals surface area contributed by atoms with Crippen LogP contribution in [0.5, 0.6) is 0 Å². The molecule has 0 amide bonds. The third-order valence-corrected chi connectivity index (χ3v) is 18.7. The van der Waals surface area contributed by atoms with Gasteiger partial charge in [0.15, 0.2) is 0 Å². The van der Waals surface area contributed by atoms with Gasteiger partial charge in [0.25, 0.3) is 0 Å². The van der Waals surface area contributed by atoms with Gasteiger partial charge in [-0.15, -0.1) is 11.3 Å². The van der Waals surface area contributed by atoms with Gasteiger partial charge in [-0.3, -0.25) is 0 Å². The van der Waals surface area contributed by atoms with Crippen molar-refractivity contribution >= 4 is 81.3 Å². The van der Waals surface area contributed by atoms with Crippen LogP contribution in [-0.4, -0.2) is 9.13 Å². The molecule has 78 heavy (non-hydrogen) atoms. The Balaban J connectivity index is 0.925. The van der Waals surface area contributed by atoms with Crippen molar-refractivity contribution in [2.45, 2.75) is 38.5 Å². The molecule has 370 valence electrons. The molecule has 16 rings (SSSR count). The highest BCUT2D eigenvalue weighted by molar-refractivity contribution is 7.26. The molecule has 0 saturated heterocycles. The van der Waals surface area contributed by atoms with Gasteiger partial charge in [0, 0.05) is 81.2 Å². The number of fused-ring (bicyclic) bond motifs is 15. The Bertz CT molecular complexity index is 4760. The summed E-state index contributed by atoms with van der Waals surface area (Å²) in [6.45, 7) is 9.59. The van der Waals surface area contributed by atoms with E-state index in [9.17, 15) is 0 Å². The summed E-state index contributed by atoms with van der Waals surface area (Å²) in [7, 11) is 0. The maximum atomic E-state index is 2.54. The number of nitrogens with zero attached hydrogens (tertiary/aromatic N) is 3. The second-order valence-corrected chi connectivity index (χ2v) is 23.5. The van der Waals surface area contributed by atoms with Crippen LogP contribution < -0.4 is 4.90 Å². The van der Waals surface area contributed by atoms with Gasteiger partial charge < -0.3 is 14.0 Å². The van der Waals surface area contributed by atoms with Crippen molar-refractivity contribution in [3.05, 3.63) is 271 Å². The summed E-state index contributed by atoms with van der Waals surface area (Å²) in [4.78, 5) is 2.43. The van der Waals surface area contributed by atoms with E-state index in [1.165, 1.54) is 125 Å². The molecular formula is C74H53N3S. The molecule has 2 aliphatic rings. The monoisotopic (exact) mass is 1020 g/mol. The molecule has 4 heteroatoms. The zero-order chi connectivity index (χ0) is 52.0. The van der Waals surface area contributed by atoms with E-state index in [-0.39, 0.29) is 10.8 Å². The standard InChI is InChI=1S/C74H53N3S/c1-73(2)61-27-14-11-22-55(61)56-40-39-53(45-63(56)73)75(50-33-30-47(31-34-50)46-18-7-5-8-19-46)51-35-37-52(38-36-51)76-64-41-32-48(54-25-17-26-58-57-23-13-16-29-67(57)78-72(54)58)44-60(64)68-65(76)42-43-66-69(68)70-71(77(66)49-20-9-6-10-21-49)59-24-12-15-28-62(59)74(70,3)4/h5-45H,1-4H3. The molecule has 0 saturated carbocycles. The fourth-order valence-corrected chi connectivity index (χ4v) is 15.1. The predicted octanol–water partition coefficient (Wildman–Crippen LogP) is 20.5. The minimum absolute atomic E-state index is 0.138. The number of hydrogen-bond acceptors (Lipinski definition) is 2.